The third-order valence-corrected chi connectivity index (χ3v) is 5.11. The lowest BCUT2D eigenvalue weighted by molar-refractivity contribution is 0.0940. The van der Waals surface area contributed by atoms with Crippen LogP contribution in [0.2, 0.25) is 0 Å². The largest absolute Gasteiger partial charge is 0.368 e. The van der Waals surface area contributed by atoms with Gasteiger partial charge in [0.15, 0.2) is 0 Å². The first kappa shape index (κ1) is 20.9. The van der Waals surface area contributed by atoms with Gasteiger partial charge in [-0.1, -0.05) is 38.0 Å². The lowest BCUT2D eigenvalue weighted by Crippen LogP contribution is -2.37. The number of benzene rings is 1. The highest BCUT2D eigenvalue weighted by Crippen LogP contribution is 2.20. The van der Waals surface area contributed by atoms with Crippen LogP contribution in [0.15, 0.2) is 42.7 Å². The molecule has 0 aliphatic carbocycles. The van der Waals surface area contributed by atoms with Crippen molar-refractivity contribution in [1.82, 2.24) is 10.3 Å². The Labute approximate surface area is 172 Å². The zero-order valence-corrected chi connectivity index (χ0v) is 17.0. The van der Waals surface area contributed by atoms with Crippen LogP contribution < -0.4 is 10.2 Å². The van der Waals surface area contributed by atoms with Crippen LogP contribution in [0.4, 0.5) is 10.1 Å². The summed E-state index contributed by atoms with van der Waals surface area (Å²) < 4.78 is 13.0. The molecule has 5 heteroatoms. The molecule has 1 unspecified atom stereocenters. The topological polar surface area (TPSA) is 45.2 Å². The zero-order valence-electron chi connectivity index (χ0n) is 17.0. The zero-order chi connectivity index (χ0) is 20.5. The Morgan fingerprint density at radius 1 is 1.24 bits per heavy atom. The summed E-state index contributed by atoms with van der Waals surface area (Å²) in [6, 6.07) is 7.74. The van der Waals surface area contributed by atoms with Crippen LogP contribution >= 0.6 is 0 Å². The van der Waals surface area contributed by atoms with Crippen LogP contribution in [0.3, 0.4) is 0 Å². The number of nitrogens with zero attached hydrogens (tertiary/aromatic N) is 2. The number of rotatable bonds is 7. The van der Waals surface area contributed by atoms with Gasteiger partial charge in [0.1, 0.15) is 5.82 Å². The van der Waals surface area contributed by atoms with E-state index in [1.54, 1.807) is 6.20 Å². The van der Waals surface area contributed by atoms with E-state index in [0.717, 1.165) is 43.6 Å². The number of hydrogen-bond donors (Lipinski definition) is 1. The highest BCUT2D eigenvalue weighted by Gasteiger charge is 2.24. The summed E-state index contributed by atoms with van der Waals surface area (Å²) in [4.78, 5) is 18.9. The highest BCUT2D eigenvalue weighted by molar-refractivity contribution is 5.94. The number of anilines is 1. The monoisotopic (exact) mass is 393 g/mol. The van der Waals surface area contributed by atoms with Crippen molar-refractivity contribution in [3.8, 4) is 11.8 Å². The first-order valence-corrected chi connectivity index (χ1v) is 10.4. The molecule has 1 saturated heterocycles. The second-order valence-electron chi connectivity index (χ2n) is 7.46. The van der Waals surface area contributed by atoms with Gasteiger partial charge >= 0.3 is 0 Å². The summed E-state index contributed by atoms with van der Waals surface area (Å²) in [6.45, 7) is 3.78. The molecule has 152 valence electrons. The van der Waals surface area contributed by atoms with Gasteiger partial charge in [0.25, 0.3) is 5.91 Å². The number of aromatic nitrogens is 1. The standard InChI is InChI=1S/C24H28FN3O/c1-2-3-4-5-6-7-8-19-15-23(17-26-16-19)28-14-13-22(18-28)27-24(29)20-9-11-21(25)12-10-20/h9-12,15-17,22H,2-6,13-14,18H2,1H3,(H,27,29). The number of carbonyl (C=O) groups excluding carboxylic acids is 1. The minimum atomic E-state index is -0.343. The van der Waals surface area contributed by atoms with Crippen molar-refractivity contribution in [3.05, 3.63) is 59.7 Å². The van der Waals surface area contributed by atoms with Gasteiger partial charge in [0, 0.05) is 42.9 Å². The highest BCUT2D eigenvalue weighted by atomic mass is 19.1. The second kappa shape index (κ2) is 10.6. The van der Waals surface area contributed by atoms with Gasteiger partial charge in [-0.3, -0.25) is 9.78 Å². The van der Waals surface area contributed by atoms with E-state index in [2.05, 4.69) is 40.0 Å². The van der Waals surface area contributed by atoms with E-state index in [9.17, 15) is 9.18 Å². The fourth-order valence-electron chi connectivity index (χ4n) is 3.46. The average molecular weight is 394 g/mol. The molecular formula is C24H28FN3O. The minimum absolute atomic E-state index is 0.0564. The van der Waals surface area contributed by atoms with E-state index in [0.29, 0.717) is 5.56 Å². The summed E-state index contributed by atoms with van der Waals surface area (Å²) >= 11 is 0. The Morgan fingerprint density at radius 3 is 2.86 bits per heavy atom. The van der Waals surface area contributed by atoms with E-state index >= 15 is 0 Å². The summed E-state index contributed by atoms with van der Waals surface area (Å²) in [5, 5.41) is 3.04. The maximum atomic E-state index is 13.0. The number of unbranched alkanes of at least 4 members (excludes halogenated alkanes) is 4. The molecule has 1 N–H and O–H groups in total. The van der Waals surface area contributed by atoms with Crippen molar-refractivity contribution in [1.29, 1.82) is 0 Å². The van der Waals surface area contributed by atoms with E-state index < -0.39 is 0 Å². The van der Waals surface area contributed by atoms with E-state index in [1.807, 2.05) is 6.20 Å². The van der Waals surface area contributed by atoms with E-state index in [4.69, 9.17) is 0 Å². The molecule has 1 atom stereocenters. The number of nitrogens with one attached hydrogen (secondary N) is 1. The third-order valence-electron chi connectivity index (χ3n) is 5.11. The first-order chi connectivity index (χ1) is 14.2. The Bertz CT molecular complexity index is 870. The van der Waals surface area contributed by atoms with Gasteiger partial charge in [0.2, 0.25) is 0 Å². The lowest BCUT2D eigenvalue weighted by atomic mass is 10.1. The number of carbonyl (C=O) groups is 1. The molecular weight excluding hydrogens is 365 g/mol. The van der Waals surface area contributed by atoms with Crippen molar-refractivity contribution >= 4 is 11.6 Å². The van der Waals surface area contributed by atoms with Gasteiger partial charge in [-0.05, 0) is 43.2 Å². The molecule has 0 spiro atoms. The SMILES string of the molecule is CCCCCCC#Cc1cncc(N2CCC(NC(=O)c3ccc(F)cc3)C2)c1. The molecule has 1 amide bonds. The predicted molar refractivity (Wildman–Crippen MR) is 114 cm³/mol. The van der Waals surface area contributed by atoms with Crippen LogP contribution in [0.5, 0.6) is 0 Å². The maximum absolute atomic E-state index is 13.0. The van der Waals surface area contributed by atoms with Gasteiger partial charge in [-0.2, -0.15) is 0 Å². The van der Waals surface area contributed by atoms with Crippen LogP contribution in [0.25, 0.3) is 0 Å². The third kappa shape index (κ3) is 6.32. The molecule has 3 rings (SSSR count). The molecule has 29 heavy (non-hydrogen) atoms. The minimum Gasteiger partial charge on any atom is -0.368 e. The summed E-state index contributed by atoms with van der Waals surface area (Å²) in [7, 11) is 0. The van der Waals surface area contributed by atoms with Crippen molar-refractivity contribution in [2.24, 2.45) is 0 Å². The lowest BCUT2D eigenvalue weighted by Gasteiger charge is -2.19. The van der Waals surface area contributed by atoms with Crippen LogP contribution in [0.1, 0.15) is 61.4 Å². The molecule has 1 aliphatic heterocycles. The van der Waals surface area contributed by atoms with Crippen LogP contribution in [0, 0.1) is 17.7 Å². The fraction of sp³-hybridized carbons (Fsp3) is 0.417. The Balaban J connectivity index is 1.52. The van der Waals surface area contributed by atoms with E-state index in [1.165, 1.54) is 43.5 Å². The molecule has 1 aromatic carbocycles. The van der Waals surface area contributed by atoms with Crippen molar-refractivity contribution in [2.45, 2.75) is 51.5 Å². The molecule has 2 aromatic rings. The Kier molecular flexibility index (Phi) is 7.63. The molecule has 1 aromatic heterocycles. The van der Waals surface area contributed by atoms with Gasteiger partial charge < -0.3 is 10.2 Å². The van der Waals surface area contributed by atoms with Crippen molar-refractivity contribution < 1.29 is 9.18 Å². The maximum Gasteiger partial charge on any atom is 0.251 e. The Hall–Kier alpha value is -2.87. The first-order valence-electron chi connectivity index (χ1n) is 10.4. The van der Waals surface area contributed by atoms with Gasteiger partial charge in [-0.15, -0.1) is 0 Å². The fourth-order valence-corrected chi connectivity index (χ4v) is 3.46. The number of hydrogen-bond acceptors (Lipinski definition) is 3. The number of pyridine rings is 1. The summed E-state index contributed by atoms with van der Waals surface area (Å²) in [5.41, 5.74) is 2.43. The summed E-state index contributed by atoms with van der Waals surface area (Å²) in [6.07, 6.45) is 10.3. The second-order valence-corrected chi connectivity index (χ2v) is 7.46. The quantitative estimate of drug-likeness (QED) is 0.554. The van der Waals surface area contributed by atoms with Crippen LogP contribution in [-0.2, 0) is 0 Å². The van der Waals surface area contributed by atoms with E-state index in [-0.39, 0.29) is 17.8 Å². The average Bonchev–Trinajstić information content (AvgIpc) is 3.20. The van der Waals surface area contributed by atoms with Crippen molar-refractivity contribution in [2.75, 3.05) is 18.0 Å². The van der Waals surface area contributed by atoms with Crippen LogP contribution in [-0.4, -0.2) is 30.0 Å². The molecule has 1 aliphatic rings. The molecule has 2 heterocycles. The number of halogens is 1. The van der Waals surface area contributed by atoms with Gasteiger partial charge in [0.05, 0.1) is 11.9 Å². The van der Waals surface area contributed by atoms with Gasteiger partial charge in [-0.25, -0.2) is 4.39 Å². The smallest absolute Gasteiger partial charge is 0.251 e. The number of amides is 1. The molecule has 0 radical (unpaired) electrons. The normalized spacial score (nSPS) is 15.7. The summed E-state index contributed by atoms with van der Waals surface area (Å²) in [5.74, 6) is 5.95. The molecule has 0 bridgehead atoms. The molecule has 1 fully saturated rings. The predicted octanol–water partition coefficient (Wildman–Crippen LogP) is 4.55. The molecule has 0 saturated carbocycles. The Morgan fingerprint density at radius 2 is 2.07 bits per heavy atom. The van der Waals surface area contributed by atoms with Crippen molar-refractivity contribution in [3.63, 3.8) is 0 Å². The molecule has 4 nitrogen and oxygen atoms in total.